The van der Waals surface area contributed by atoms with E-state index in [1.807, 2.05) is 43.9 Å². The first-order chi connectivity index (χ1) is 15.9. The Labute approximate surface area is 193 Å². The van der Waals surface area contributed by atoms with Gasteiger partial charge in [-0.3, -0.25) is 4.79 Å². The SMILES string of the molecule is CCOC(=O)c1cnn(-c2ccc(C(=O)N3CCN(c4cc(C)nc(C)n4)CC3)cc2)c1C. The van der Waals surface area contributed by atoms with Crippen LogP contribution in [0, 0.1) is 20.8 Å². The molecule has 0 N–H and O–H groups in total. The minimum absolute atomic E-state index is 0.000600. The Morgan fingerprint density at radius 2 is 1.70 bits per heavy atom. The van der Waals surface area contributed by atoms with E-state index in [0.717, 1.165) is 36.1 Å². The second kappa shape index (κ2) is 9.40. The molecule has 0 saturated carbocycles. The third-order valence-corrected chi connectivity index (χ3v) is 5.71. The highest BCUT2D eigenvalue weighted by molar-refractivity contribution is 5.94. The average Bonchev–Trinajstić information content (AvgIpc) is 3.20. The van der Waals surface area contributed by atoms with Crippen molar-refractivity contribution in [1.82, 2.24) is 24.6 Å². The lowest BCUT2D eigenvalue weighted by Gasteiger charge is -2.35. The van der Waals surface area contributed by atoms with Gasteiger partial charge < -0.3 is 14.5 Å². The standard InChI is InChI=1S/C24H28N6O3/c1-5-33-24(32)21-15-25-30(17(21)3)20-8-6-19(7-9-20)23(31)29-12-10-28(11-13-29)22-14-16(2)26-18(4)27-22/h6-9,14-15H,5,10-13H2,1-4H3. The fraction of sp³-hybridized carbons (Fsp3) is 0.375. The fourth-order valence-corrected chi connectivity index (χ4v) is 4.00. The van der Waals surface area contributed by atoms with Crippen molar-refractivity contribution in [2.45, 2.75) is 27.7 Å². The van der Waals surface area contributed by atoms with Crippen LogP contribution in [0.4, 0.5) is 5.82 Å². The maximum absolute atomic E-state index is 13.0. The number of ether oxygens (including phenoxy) is 1. The summed E-state index contributed by atoms with van der Waals surface area (Å²) in [6.07, 6.45) is 1.51. The highest BCUT2D eigenvalue weighted by Gasteiger charge is 2.23. The molecule has 1 aliphatic rings. The van der Waals surface area contributed by atoms with E-state index in [0.29, 0.717) is 36.5 Å². The van der Waals surface area contributed by atoms with Gasteiger partial charge in [0.1, 0.15) is 17.2 Å². The Bertz CT molecular complexity index is 1140. The highest BCUT2D eigenvalue weighted by atomic mass is 16.5. The largest absolute Gasteiger partial charge is 0.462 e. The number of carbonyl (C=O) groups excluding carboxylic acids is 2. The molecule has 1 amide bonds. The Morgan fingerprint density at radius 3 is 2.33 bits per heavy atom. The summed E-state index contributed by atoms with van der Waals surface area (Å²) < 4.78 is 6.74. The Hall–Kier alpha value is -3.75. The topological polar surface area (TPSA) is 93.4 Å². The van der Waals surface area contributed by atoms with Gasteiger partial charge in [-0.25, -0.2) is 19.4 Å². The average molecular weight is 449 g/mol. The van der Waals surface area contributed by atoms with E-state index in [4.69, 9.17) is 4.74 Å². The Kier molecular flexibility index (Phi) is 6.39. The molecule has 0 bridgehead atoms. The number of aryl methyl sites for hydroxylation is 2. The van der Waals surface area contributed by atoms with E-state index in [1.54, 1.807) is 23.7 Å². The molecular formula is C24H28N6O3. The predicted octanol–water partition coefficient (Wildman–Crippen LogP) is 2.73. The Morgan fingerprint density at radius 1 is 1.00 bits per heavy atom. The molecule has 4 rings (SSSR count). The van der Waals surface area contributed by atoms with Gasteiger partial charge in [-0.2, -0.15) is 5.10 Å². The molecule has 1 saturated heterocycles. The van der Waals surface area contributed by atoms with Gasteiger partial charge in [-0.05, 0) is 52.0 Å². The molecule has 2 aromatic heterocycles. The summed E-state index contributed by atoms with van der Waals surface area (Å²) >= 11 is 0. The molecule has 1 aromatic carbocycles. The van der Waals surface area contributed by atoms with Crippen LogP contribution >= 0.6 is 0 Å². The van der Waals surface area contributed by atoms with Crippen LogP contribution < -0.4 is 4.90 Å². The number of piperazine rings is 1. The van der Waals surface area contributed by atoms with Gasteiger partial charge in [0.05, 0.1) is 24.2 Å². The molecule has 1 fully saturated rings. The summed E-state index contributed by atoms with van der Waals surface area (Å²) in [6.45, 7) is 10.5. The first kappa shape index (κ1) is 22.4. The van der Waals surface area contributed by atoms with E-state index in [1.165, 1.54) is 6.20 Å². The zero-order chi connectivity index (χ0) is 23.5. The molecule has 3 aromatic rings. The lowest BCUT2D eigenvalue weighted by atomic mass is 10.1. The van der Waals surface area contributed by atoms with Crippen LogP contribution in [0.15, 0.2) is 36.5 Å². The van der Waals surface area contributed by atoms with Gasteiger partial charge in [0.15, 0.2) is 0 Å². The first-order valence-corrected chi connectivity index (χ1v) is 11.1. The van der Waals surface area contributed by atoms with Gasteiger partial charge in [0.2, 0.25) is 0 Å². The quantitative estimate of drug-likeness (QED) is 0.554. The number of carbonyl (C=O) groups is 2. The van der Waals surface area contributed by atoms with Crippen molar-refractivity contribution in [2.24, 2.45) is 0 Å². The van der Waals surface area contributed by atoms with Crippen LogP contribution in [0.2, 0.25) is 0 Å². The summed E-state index contributed by atoms with van der Waals surface area (Å²) in [6, 6.07) is 9.25. The number of rotatable bonds is 5. The molecule has 0 atom stereocenters. The molecule has 0 spiro atoms. The monoisotopic (exact) mass is 448 g/mol. The minimum atomic E-state index is -0.389. The summed E-state index contributed by atoms with van der Waals surface area (Å²) in [5, 5.41) is 4.31. The summed E-state index contributed by atoms with van der Waals surface area (Å²) in [5.41, 5.74) is 3.47. The van der Waals surface area contributed by atoms with E-state index in [2.05, 4.69) is 20.0 Å². The van der Waals surface area contributed by atoms with Gasteiger partial charge in [0, 0.05) is 43.5 Å². The van der Waals surface area contributed by atoms with Gasteiger partial charge in [-0.1, -0.05) is 0 Å². The van der Waals surface area contributed by atoms with E-state index in [9.17, 15) is 9.59 Å². The maximum Gasteiger partial charge on any atom is 0.341 e. The smallest absolute Gasteiger partial charge is 0.341 e. The van der Waals surface area contributed by atoms with Crippen LogP contribution in [-0.4, -0.2) is 69.3 Å². The van der Waals surface area contributed by atoms with Gasteiger partial charge in [-0.15, -0.1) is 0 Å². The van der Waals surface area contributed by atoms with E-state index in [-0.39, 0.29) is 11.9 Å². The molecule has 0 unspecified atom stereocenters. The molecule has 9 nitrogen and oxygen atoms in total. The number of benzene rings is 1. The number of hydrogen-bond acceptors (Lipinski definition) is 7. The van der Waals surface area contributed by atoms with E-state index < -0.39 is 0 Å². The summed E-state index contributed by atoms with van der Waals surface area (Å²) in [7, 11) is 0. The minimum Gasteiger partial charge on any atom is -0.462 e. The van der Waals surface area contributed by atoms with Crippen molar-refractivity contribution in [3.05, 3.63) is 64.9 Å². The summed E-state index contributed by atoms with van der Waals surface area (Å²) in [4.78, 5) is 38.0. The third-order valence-electron chi connectivity index (χ3n) is 5.71. The van der Waals surface area contributed by atoms with Crippen LogP contribution in [0.5, 0.6) is 0 Å². The number of anilines is 1. The van der Waals surface area contributed by atoms with Crippen molar-refractivity contribution in [3.63, 3.8) is 0 Å². The number of aromatic nitrogens is 4. The molecule has 33 heavy (non-hydrogen) atoms. The van der Waals surface area contributed by atoms with Gasteiger partial charge in [0.25, 0.3) is 5.91 Å². The molecule has 1 aliphatic heterocycles. The third kappa shape index (κ3) is 4.72. The predicted molar refractivity (Wildman–Crippen MR) is 124 cm³/mol. The molecule has 172 valence electrons. The zero-order valence-corrected chi connectivity index (χ0v) is 19.4. The van der Waals surface area contributed by atoms with Crippen molar-refractivity contribution in [2.75, 3.05) is 37.7 Å². The number of hydrogen-bond donors (Lipinski definition) is 0. The molecule has 9 heteroatoms. The van der Waals surface area contributed by atoms with Gasteiger partial charge >= 0.3 is 5.97 Å². The van der Waals surface area contributed by atoms with Crippen LogP contribution in [0.25, 0.3) is 5.69 Å². The number of esters is 1. The van der Waals surface area contributed by atoms with Crippen molar-refractivity contribution in [1.29, 1.82) is 0 Å². The molecule has 0 radical (unpaired) electrons. The number of amides is 1. The van der Waals surface area contributed by atoms with Crippen LogP contribution in [0.1, 0.15) is 44.9 Å². The summed E-state index contributed by atoms with van der Waals surface area (Å²) in [5.74, 6) is 1.28. The molecular weight excluding hydrogens is 420 g/mol. The van der Waals surface area contributed by atoms with Crippen LogP contribution in [-0.2, 0) is 4.74 Å². The maximum atomic E-state index is 13.0. The van der Waals surface area contributed by atoms with Crippen LogP contribution in [0.3, 0.4) is 0 Å². The normalized spacial score (nSPS) is 13.8. The lowest BCUT2D eigenvalue weighted by molar-refractivity contribution is 0.0525. The first-order valence-electron chi connectivity index (χ1n) is 11.1. The zero-order valence-electron chi connectivity index (χ0n) is 19.4. The Balaban J connectivity index is 1.42. The fourth-order valence-electron chi connectivity index (χ4n) is 4.00. The second-order valence-electron chi connectivity index (χ2n) is 8.02. The second-order valence-corrected chi connectivity index (χ2v) is 8.02. The number of nitrogens with zero attached hydrogens (tertiary/aromatic N) is 6. The van der Waals surface area contributed by atoms with Crippen molar-refractivity contribution < 1.29 is 14.3 Å². The lowest BCUT2D eigenvalue weighted by Crippen LogP contribution is -2.49. The molecule has 0 aliphatic carbocycles. The highest BCUT2D eigenvalue weighted by Crippen LogP contribution is 2.19. The van der Waals surface area contributed by atoms with E-state index >= 15 is 0 Å². The van der Waals surface area contributed by atoms with Crippen molar-refractivity contribution >= 4 is 17.7 Å². The molecule has 3 heterocycles. The van der Waals surface area contributed by atoms with Crippen molar-refractivity contribution in [3.8, 4) is 5.69 Å².